The van der Waals surface area contributed by atoms with Gasteiger partial charge in [0, 0.05) is 4.88 Å². The quantitative estimate of drug-likeness (QED) is 0.772. The highest BCUT2D eigenvalue weighted by Gasteiger charge is 2.17. The molecule has 5 heteroatoms. The largest absolute Gasteiger partial charge is 0.347 e. The van der Waals surface area contributed by atoms with E-state index in [1.165, 1.54) is 0 Å². The predicted octanol–water partition coefficient (Wildman–Crippen LogP) is 3.31. The zero-order valence-electron chi connectivity index (χ0n) is 14.1. The number of carbonyl (C=O) groups excluding carboxylic acids is 2. The summed E-state index contributed by atoms with van der Waals surface area (Å²) in [5.74, 6) is 0.174. The van der Waals surface area contributed by atoms with E-state index in [1.807, 2.05) is 47.8 Å². The first-order valence-electron chi connectivity index (χ1n) is 8.18. The van der Waals surface area contributed by atoms with E-state index >= 15 is 0 Å². The first-order chi connectivity index (χ1) is 11.5. The summed E-state index contributed by atoms with van der Waals surface area (Å²) in [5, 5.41) is 7.72. The second-order valence-electron chi connectivity index (χ2n) is 6.20. The Hall–Kier alpha value is -2.14. The predicted molar refractivity (Wildman–Crippen MR) is 97.8 cm³/mol. The molecular formula is C19H24N2O2S. The fourth-order valence-electron chi connectivity index (χ4n) is 2.48. The molecule has 0 aliphatic heterocycles. The van der Waals surface area contributed by atoms with Crippen LogP contribution < -0.4 is 10.6 Å². The number of rotatable bonds is 8. The van der Waals surface area contributed by atoms with E-state index in [9.17, 15) is 9.59 Å². The van der Waals surface area contributed by atoms with Crippen molar-refractivity contribution in [2.45, 2.75) is 32.7 Å². The Morgan fingerprint density at radius 1 is 1.04 bits per heavy atom. The van der Waals surface area contributed by atoms with Gasteiger partial charge in [0.1, 0.15) is 0 Å². The van der Waals surface area contributed by atoms with Crippen molar-refractivity contribution >= 4 is 23.2 Å². The van der Waals surface area contributed by atoms with Gasteiger partial charge in [-0.3, -0.25) is 9.59 Å². The van der Waals surface area contributed by atoms with Gasteiger partial charge in [-0.1, -0.05) is 50.2 Å². The SMILES string of the molecule is CC(C)C[C@H](NC(=O)CNC(=O)Cc1ccccc1)c1cccs1. The molecule has 0 bridgehead atoms. The third-order valence-electron chi connectivity index (χ3n) is 3.58. The maximum absolute atomic E-state index is 12.2. The van der Waals surface area contributed by atoms with E-state index in [0.29, 0.717) is 5.92 Å². The van der Waals surface area contributed by atoms with Crippen LogP contribution in [-0.4, -0.2) is 18.4 Å². The fourth-order valence-corrected chi connectivity index (χ4v) is 3.27. The number of nitrogens with one attached hydrogen (secondary N) is 2. The average molecular weight is 344 g/mol. The maximum Gasteiger partial charge on any atom is 0.239 e. The van der Waals surface area contributed by atoms with Gasteiger partial charge in [0.15, 0.2) is 0 Å². The number of thiophene rings is 1. The molecule has 2 N–H and O–H groups in total. The molecule has 0 saturated heterocycles. The molecule has 1 atom stereocenters. The molecule has 0 fully saturated rings. The van der Waals surface area contributed by atoms with E-state index in [-0.39, 0.29) is 30.8 Å². The lowest BCUT2D eigenvalue weighted by Crippen LogP contribution is -2.39. The van der Waals surface area contributed by atoms with Crippen LogP contribution in [0.5, 0.6) is 0 Å². The summed E-state index contributed by atoms with van der Waals surface area (Å²) in [6, 6.07) is 13.5. The van der Waals surface area contributed by atoms with Gasteiger partial charge in [0.25, 0.3) is 0 Å². The Labute approximate surface area is 147 Å². The van der Waals surface area contributed by atoms with Gasteiger partial charge in [-0.25, -0.2) is 0 Å². The van der Waals surface area contributed by atoms with Gasteiger partial charge in [-0.15, -0.1) is 11.3 Å². The lowest BCUT2D eigenvalue weighted by Gasteiger charge is -2.19. The lowest BCUT2D eigenvalue weighted by molar-refractivity contribution is -0.126. The summed E-state index contributed by atoms with van der Waals surface area (Å²) in [7, 11) is 0. The molecule has 0 aliphatic carbocycles. The van der Waals surface area contributed by atoms with E-state index in [2.05, 4.69) is 24.5 Å². The highest BCUT2D eigenvalue weighted by atomic mass is 32.1. The summed E-state index contributed by atoms with van der Waals surface area (Å²) in [6.07, 6.45) is 1.17. The smallest absolute Gasteiger partial charge is 0.239 e. The highest BCUT2D eigenvalue weighted by molar-refractivity contribution is 7.10. The number of benzene rings is 1. The van der Waals surface area contributed by atoms with Gasteiger partial charge < -0.3 is 10.6 Å². The van der Waals surface area contributed by atoms with Crippen molar-refractivity contribution < 1.29 is 9.59 Å². The van der Waals surface area contributed by atoms with E-state index in [0.717, 1.165) is 16.9 Å². The molecule has 1 aromatic heterocycles. The molecule has 2 aromatic rings. The standard InChI is InChI=1S/C19H24N2O2S/c1-14(2)11-16(17-9-6-10-24-17)21-19(23)13-20-18(22)12-15-7-4-3-5-8-15/h3-10,14,16H,11-13H2,1-2H3,(H,20,22)(H,21,23)/t16-/m0/s1. The minimum absolute atomic E-state index is 0.00326. The van der Waals surface area contributed by atoms with Crippen molar-refractivity contribution in [2.75, 3.05) is 6.54 Å². The molecule has 128 valence electrons. The zero-order chi connectivity index (χ0) is 17.4. The number of hydrogen-bond acceptors (Lipinski definition) is 3. The van der Waals surface area contributed by atoms with Crippen LogP contribution in [0.15, 0.2) is 47.8 Å². The van der Waals surface area contributed by atoms with Crippen LogP contribution in [0.25, 0.3) is 0 Å². The third kappa shape index (κ3) is 6.16. The third-order valence-corrected chi connectivity index (χ3v) is 4.57. The van der Waals surface area contributed by atoms with E-state index < -0.39 is 0 Å². The summed E-state index contributed by atoms with van der Waals surface area (Å²) < 4.78 is 0. The topological polar surface area (TPSA) is 58.2 Å². The molecule has 0 spiro atoms. The molecule has 2 amide bonds. The van der Waals surface area contributed by atoms with Crippen LogP contribution in [0.1, 0.15) is 36.8 Å². The summed E-state index contributed by atoms with van der Waals surface area (Å²) >= 11 is 1.64. The molecule has 0 aliphatic rings. The maximum atomic E-state index is 12.2. The molecule has 0 unspecified atom stereocenters. The molecule has 1 aromatic carbocycles. The minimum Gasteiger partial charge on any atom is -0.347 e. The van der Waals surface area contributed by atoms with Crippen LogP contribution in [0.2, 0.25) is 0 Å². The lowest BCUT2D eigenvalue weighted by atomic mass is 10.0. The Bertz CT molecular complexity index is 639. The highest BCUT2D eigenvalue weighted by Crippen LogP contribution is 2.25. The van der Waals surface area contributed by atoms with E-state index in [4.69, 9.17) is 0 Å². The van der Waals surface area contributed by atoms with Crippen molar-refractivity contribution in [3.8, 4) is 0 Å². The number of amides is 2. The minimum atomic E-state index is -0.157. The van der Waals surface area contributed by atoms with Gasteiger partial charge in [0.05, 0.1) is 19.0 Å². The first-order valence-corrected chi connectivity index (χ1v) is 9.06. The molecule has 2 rings (SSSR count). The van der Waals surface area contributed by atoms with Crippen LogP contribution in [0, 0.1) is 5.92 Å². The normalized spacial score (nSPS) is 12.0. The van der Waals surface area contributed by atoms with E-state index in [1.54, 1.807) is 11.3 Å². The molecule has 0 radical (unpaired) electrons. The second kappa shape index (κ2) is 9.23. The van der Waals surface area contributed by atoms with Crippen molar-refractivity contribution in [1.82, 2.24) is 10.6 Å². The fraction of sp³-hybridized carbons (Fsp3) is 0.368. The molecule has 24 heavy (non-hydrogen) atoms. The van der Waals surface area contributed by atoms with Gasteiger partial charge >= 0.3 is 0 Å². The first kappa shape index (κ1) is 18.2. The Morgan fingerprint density at radius 3 is 2.42 bits per heavy atom. The molecule has 1 heterocycles. The molecular weight excluding hydrogens is 320 g/mol. The monoisotopic (exact) mass is 344 g/mol. The summed E-state index contributed by atoms with van der Waals surface area (Å²) in [6.45, 7) is 4.27. The summed E-state index contributed by atoms with van der Waals surface area (Å²) in [5.41, 5.74) is 0.937. The van der Waals surface area contributed by atoms with Crippen LogP contribution in [-0.2, 0) is 16.0 Å². The number of carbonyl (C=O) groups is 2. The number of hydrogen-bond donors (Lipinski definition) is 2. The second-order valence-corrected chi connectivity index (χ2v) is 7.18. The van der Waals surface area contributed by atoms with Crippen LogP contribution >= 0.6 is 11.3 Å². The Kier molecular flexibility index (Phi) is 7.00. The Balaban J connectivity index is 1.81. The molecule has 4 nitrogen and oxygen atoms in total. The van der Waals surface area contributed by atoms with Gasteiger partial charge in [-0.05, 0) is 29.3 Å². The van der Waals surface area contributed by atoms with Crippen LogP contribution in [0.4, 0.5) is 0 Å². The average Bonchev–Trinajstić information content (AvgIpc) is 3.07. The molecule has 0 saturated carbocycles. The van der Waals surface area contributed by atoms with Crippen LogP contribution in [0.3, 0.4) is 0 Å². The Morgan fingerprint density at radius 2 is 1.79 bits per heavy atom. The van der Waals surface area contributed by atoms with Crippen molar-refractivity contribution in [3.05, 3.63) is 58.3 Å². The van der Waals surface area contributed by atoms with Gasteiger partial charge in [-0.2, -0.15) is 0 Å². The van der Waals surface area contributed by atoms with Crippen molar-refractivity contribution in [3.63, 3.8) is 0 Å². The van der Waals surface area contributed by atoms with Crippen molar-refractivity contribution in [1.29, 1.82) is 0 Å². The summed E-state index contributed by atoms with van der Waals surface area (Å²) in [4.78, 5) is 25.2. The van der Waals surface area contributed by atoms with Crippen molar-refractivity contribution in [2.24, 2.45) is 5.92 Å². The zero-order valence-corrected chi connectivity index (χ0v) is 14.9. The van der Waals surface area contributed by atoms with Gasteiger partial charge in [0.2, 0.25) is 11.8 Å².